The zero-order valence-electron chi connectivity index (χ0n) is 7.84. The average Bonchev–Trinajstić information content (AvgIpc) is 2.64. The molecular weight excluding hydrogens is 186 g/mol. The maximum atomic E-state index is 11.2. The van der Waals surface area contributed by atoms with Crippen molar-refractivity contribution >= 4 is 5.97 Å². The predicted molar refractivity (Wildman–Crippen MR) is 45.1 cm³/mol. The van der Waals surface area contributed by atoms with Gasteiger partial charge in [0, 0.05) is 6.54 Å². The van der Waals surface area contributed by atoms with E-state index in [0.717, 1.165) is 13.0 Å². The lowest BCUT2D eigenvalue weighted by atomic mass is 10.0. The van der Waals surface area contributed by atoms with Crippen molar-refractivity contribution in [3.63, 3.8) is 0 Å². The number of esters is 1. The summed E-state index contributed by atoms with van der Waals surface area (Å²) in [4.78, 5) is 17.0. The van der Waals surface area contributed by atoms with Crippen LogP contribution in [0.15, 0.2) is 10.9 Å². The molecule has 6 nitrogen and oxygen atoms in total. The van der Waals surface area contributed by atoms with Crippen LogP contribution in [0.3, 0.4) is 0 Å². The van der Waals surface area contributed by atoms with Gasteiger partial charge in [0.05, 0.1) is 13.7 Å². The second-order valence-corrected chi connectivity index (χ2v) is 3.15. The summed E-state index contributed by atoms with van der Waals surface area (Å²) in [5, 5.41) is 3.68. The predicted octanol–water partition coefficient (Wildman–Crippen LogP) is -0.183. The molecule has 0 bridgehead atoms. The first kappa shape index (κ1) is 9.14. The molecule has 0 amide bonds. The van der Waals surface area contributed by atoms with E-state index in [1.54, 1.807) is 0 Å². The van der Waals surface area contributed by atoms with E-state index >= 15 is 0 Å². The van der Waals surface area contributed by atoms with Gasteiger partial charge in [-0.05, 0) is 6.42 Å². The van der Waals surface area contributed by atoms with Gasteiger partial charge in [0.25, 0.3) is 0 Å². The van der Waals surface area contributed by atoms with Crippen molar-refractivity contribution in [2.24, 2.45) is 0 Å². The molecule has 2 rings (SSSR count). The van der Waals surface area contributed by atoms with E-state index in [1.807, 2.05) is 4.90 Å². The summed E-state index contributed by atoms with van der Waals surface area (Å²) in [5.41, 5.74) is 0. The molecular formula is C8H11N3O3. The fraction of sp³-hybridized carbons (Fsp3) is 0.625. The van der Waals surface area contributed by atoms with Crippen molar-refractivity contribution in [3.05, 3.63) is 12.2 Å². The van der Waals surface area contributed by atoms with Gasteiger partial charge < -0.3 is 9.26 Å². The summed E-state index contributed by atoms with van der Waals surface area (Å²) in [7, 11) is 1.40. The molecule has 1 fully saturated rings. The monoisotopic (exact) mass is 197 g/mol. The van der Waals surface area contributed by atoms with E-state index < -0.39 is 0 Å². The minimum atomic E-state index is -0.195. The van der Waals surface area contributed by atoms with Crippen molar-refractivity contribution in [1.29, 1.82) is 0 Å². The molecule has 1 aliphatic rings. The first-order valence-electron chi connectivity index (χ1n) is 4.38. The lowest BCUT2D eigenvalue weighted by molar-refractivity contribution is -0.152. The Kier molecular flexibility index (Phi) is 2.45. The van der Waals surface area contributed by atoms with Gasteiger partial charge in [0.2, 0.25) is 6.39 Å². The maximum Gasteiger partial charge on any atom is 0.323 e. The van der Waals surface area contributed by atoms with Crippen molar-refractivity contribution in [2.75, 3.05) is 13.7 Å². The maximum absolute atomic E-state index is 11.2. The largest absolute Gasteiger partial charge is 0.468 e. The van der Waals surface area contributed by atoms with Crippen LogP contribution in [0.2, 0.25) is 0 Å². The normalized spacial score (nSPS) is 21.6. The Morgan fingerprint density at radius 3 is 3.21 bits per heavy atom. The molecule has 2 heterocycles. The van der Waals surface area contributed by atoms with Gasteiger partial charge in [-0.15, -0.1) is 0 Å². The van der Waals surface area contributed by atoms with Crippen LogP contribution in [-0.4, -0.2) is 40.7 Å². The molecule has 1 saturated heterocycles. The molecule has 1 unspecified atom stereocenters. The number of methoxy groups -OCH3 is 1. The van der Waals surface area contributed by atoms with Crippen molar-refractivity contribution in [3.8, 4) is 0 Å². The highest BCUT2D eigenvalue weighted by Gasteiger charge is 2.35. The SMILES string of the molecule is COC(=O)C1CCN1Cc1ncon1. The van der Waals surface area contributed by atoms with Crippen molar-refractivity contribution < 1.29 is 14.1 Å². The zero-order valence-corrected chi connectivity index (χ0v) is 7.84. The van der Waals surface area contributed by atoms with Gasteiger partial charge in [-0.3, -0.25) is 9.69 Å². The molecule has 0 aliphatic carbocycles. The van der Waals surface area contributed by atoms with E-state index in [-0.39, 0.29) is 12.0 Å². The van der Waals surface area contributed by atoms with Crippen LogP contribution < -0.4 is 0 Å². The smallest absolute Gasteiger partial charge is 0.323 e. The highest BCUT2D eigenvalue weighted by Crippen LogP contribution is 2.20. The fourth-order valence-electron chi connectivity index (χ4n) is 1.48. The van der Waals surface area contributed by atoms with Crippen LogP contribution in [-0.2, 0) is 16.1 Å². The Morgan fingerprint density at radius 1 is 1.86 bits per heavy atom. The summed E-state index contributed by atoms with van der Waals surface area (Å²) in [6.07, 6.45) is 2.12. The molecule has 1 atom stereocenters. The third-order valence-electron chi connectivity index (χ3n) is 2.36. The van der Waals surface area contributed by atoms with E-state index in [9.17, 15) is 4.79 Å². The highest BCUT2D eigenvalue weighted by molar-refractivity contribution is 5.76. The summed E-state index contributed by atoms with van der Waals surface area (Å²) in [6, 6.07) is -0.140. The molecule has 1 aromatic heterocycles. The molecule has 0 radical (unpaired) electrons. The molecule has 0 saturated carbocycles. The lowest BCUT2D eigenvalue weighted by Crippen LogP contribution is -2.52. The number of hydrogen-bond donors (Lipinski definition) is 0. The van der Waals surface area contributed by atoms with E-state index in [2.05, 4.69) is 19.4 Å². The number of carbonyl (C=O) groups is 1. The average molecular weight is 197 g/mol. The number of rotatable bonds is 3. The van der Waals surface area contributed by atoms with Gasteiger partial charge >= 0.3 is 5.97 Å². The highest BCUT2D eigenvalue weighted by atomic mass is 16.5. The summed E-state index contributed by atoms with van der Waals surface area (Å²) in [6.45, 7) is 1.41. The number of aromatic nitrogens is 2. The Hall–Kier alpha value is -1.43. The van der Waals surface area contributed by atoms with Gasteiger partial charge in [-0.25, -0.2) is 0 Å². The van der Waals surface area contributed by atoms with Gasteiger partial charge in [0.15, 0.2) is 5.82 Å². The standard InChI is InChI=1S/C8H11N3O3/c1-13-8(12)6-2-3-11(6)4-7-9-5-14-10-7/h5-6H,2-4H2,1H3. The van der Waals surface area contributed by atoms with Crippen LogP contribution in [0, 0.1) is 0 Å². The van der Waals surface area contributed by atoms with E-state index in [1.165, 1.54) is 13.5 Å². The van der Waals surface area contributed by atoms with Crippen molar-refractivity contribution in [2.45, 2.75) is 19.0 Å². The Morgan fingerprint density at radius 2 is 2.71 bits per heavy atom. The van der Waals surface area contributed by atoms with Gasteiger partial charge in [-0.2, -0.15) is 4.98 Å². The van der Waals surface area contributed by atoms with Crippen LogP contribution in [0.4, 0.5) is 0 Å². The molecule has 1 aliphatic heterocycles. The van der Waals surface area contributed by atoms with Gasteiger partial charge in [0.1, 0.15) is 6.04 Å². The Labute approximate surface area is 80.8 Å². The summed E-state index contributed by atoms with van der Waals surface area (Å²) < 4.78 is 9.26. The van der Waals surface area contributed by atoms with Crippen LogP contribution >= 0.6 is 0 Å². The molecule has 0 spiro atoms. The number of nitrogens with zero attached hydrogens (tertiary/aromatic N) is 3. The first-order valence-corrected chi connectivity index (χ1v) is 4.38. The van der Waals surface area contributed by atoms with Crippen LogP contribution in [0.5, 0.6) is 0 Å². The summed E-state index contributed by atoms with van der Waals surface area (Å²) >= 11 is 0. The first-order chi connectivity index (χ1) is 6.81. The second-order valence-electron chi connectivity index (χ2n) is 3.15. The quantitative estimate of drug-likeness (QED) is 0.626. The molecule has 0 N–H and O–H groups in total. The molecule has 76 valence electrons. The van der Waals surface area contributed by atoms with Crippen molar-refractivity contribution in [1.82, 2.24) is 15.0 Å². The third kappa shape index (κ3) is 1.60. The van der Waals surface area contributed by atoms with Gasteiger partial charge in [-0.1, -0.05) is 5.16 Å². The molecule has 6 heteroatoms. The zero-order chi connectivity index (χ0) is 9.97. The topological polar surface area (TPSA) is 68.5 Å². The third-order valence-corrected chi connectivity index (χ3v) is 2.36. The molecule has 14 heavy (non-hydrogen) atoms. The molecule has 0 aromatic carbocycles. The number of hydrogen-bond acceptors (Lipinski definition) is 6. The van der Waals surface area contributed by atoms with Crippen LogP contribution in [0.1, 0.15) is 12.2 Å². The minimum Gasteiger partial charge on any atom is -0.468 e. The Balaban J connectivity index is 1.91. The number of likely N-dealkylation sites (tertiary alicyclic amines) is 1. The number of carbonyl (C=O) groups excluding carboxylic acids is 1. The molecule has 1 aromatic rings. The number of ether oxygens (including phenoxy) is 1. The minimum absolute atomic E-state index is 0.140. The van der Waals surface area contributed by atoms with Crippen LogP contribution in [0.25, 0.3) is 0 Å². The second kappa shape index (κ2) is 3.75. The Bertz CT molecular complexity index is 312. The lowest BCUT2D eigenvalue weighted by Gasteiger charge is -2.37. The van der Waals surface area contributed by atoms with E-state index in [0.29, 0.717) is 12.4 Å². The fourth-order valence-corrected chi connectivity index (χ4v) is 1.48. The van der Waals surface area contributed by atoms with E-state index in [4.69, 9.17) is 0 Å². The summed E-state index contributed by atoms with van der Waals surface area (Å²) in [5.74, 6) is 0.401.